The van der Waals surface area contributed by atoms with Crippen LogP contribution in [-0.4, -0.2) is 23.5 Å². The van der Waals surface area contributed by atoms with Crippen LogP contribution in [0.4, 0.5) is 11.4 Å². The molecule has 0 atom stereocenters. The number of ether oxygens (including phenoxy) is 1. The van der Waals surface area contributed by atoms with Gasteiger partial charge in [0, 0.05) is 21.8 Å². The van der Waals surface area contributed by atoms with E-state index in [2.05, 4.69) is 31.9 Å². The summed E-state index contributed by atoms with van der Waals surface area (Å²) in [4.78, 5) is 24.5. The van der Waals surface area contributed by atoms with Crippen LogP contribution in [0.5, 0.6) is 5.75 Å². The molecule has 160 valence electrons. The van der Waals surface area contributed by atoms with E-state index >= 15 is 0 Å². The van der Waals surface area contributed by atoms with Crippen LogP contribution in [0.2, 0.25) is 0 Å². The minimum absolute atomic E-state index is 0.0528. The SMILES string of the molecule is CC(C)COc1ccc(Br)cc1C(=O)NC(=S)Nc1ccc(NC(=O)C(C)C)cc1. The molecule has 0 heterocycles. The molecule has 0 bridgehead atoms. The Labute approximate surface area is 190 Å². The van der Waals surface area contributed by atoms with Crippen LogP contribution >= 0.6 is 28.1 Å². The van der Waals surface area contributed by atoms with Gasteiger partial charge in [0.2, 0.25) is 5.91 Å². The van der Waals surface area contributed by atoms with E-state index in [4.69, 9.17) is 17.0 Å². The minimum Gasteiger partial charge on any atom is -0.492 e. The fourth-order valence-corrected chi connectivity index (χ4v) is 2.89. The summed E-state index contributed by atoms with van der Waals surface area (Å²) in [6.07, 6.45) is 0. The smallest absolute Gasteiger partial charge is 0.261 e. The van der Waals surface area contributed by atoms with Crippen LogP contribution in [0.25, 0.3) is 0 Å². The Kier molecular flexibility index (Phi) is 8.80. The molecule has 2 aromatic rings. The molecule has 2 aromatic carbocycles. The largest absolute Gasteiger partial charge is 0.492 e. The molecule has 0 saturated carbocycles. The fraction of sp³-hybridized carbons (Fsp3) is 0.318. The first-order valence-electron chi connectivity index (χ1n) is 9.61. The molecule has 3 N–H and O–H groups in total. The van der Waals surface area contributed by atoms with Crippen molar-refractivity contribution in [3.63, 3.8) is 0 Å². The highest BCUT2D eigenvalue weighted by Crippen LogP contribution is 2.24. The molecule has 0 aliphatic rings. The van der Waals surface area contributed by atoms with Gasteiger partial charge in [-0.3, -0.25) is 14.9 Å². The highest BCUT2D eigenvalue weighted by atomic mass is 79.9. The number of amides is 2. The zero-order valence-electron chi connectivity index (χ0n) is 17.4. The van der Waals surface area contributed by atoms with E-state index in [1.807, 2.05) is 33.8 Å². The number of nitrogens with one attached hydrogen (secondary N) is 3. The number of halogens is 1. The molecule has 0 aliphatic heterocycles. The van der Waals surface area contributed by atoms with Crippen LogP contribution < -0.4 is 20.7 Å². The second-order valence-corrected chi connectivity index (χ2v) is 8.80. The van der Waals surface area contributed by atoms with Crippen molar-refractivity contribution in [2.45, 2.75) is 27.7 Å². The topological polar surface area (TPSA) is 79.5 Å². The predicted molar refractivity (Wildman–Crippen MR) is 128 cm³/mol. The predicted octanol–water partition coefficient (Wildman–Crippen LogP) is 5.21. The van der Waals surface area contributed by atoms with Crippen LogP contribution in [0.3, 0.4) is 0 Å². The Morgan fingerprint density at radius 2 is 1.60 bits per heavy atom. The van der Waals surface area contributed by atoms with E-state index < -0.39 is 0 Å². The molecule has 30 heavy (non-hydrogen) atoms. The monoisotopic (exact) mass is 491 g/mol. The van der Waals surface area contributed by atoms with Gasteiger partial charge in [-0.15, -0.1) is 0 Å². The van der Waals surface area contributed by atoms with Crippen LogP contribution in [0, 0.1) is 11.8 Å². The highest BCUT2D eigenvalue weighted by Gasteiger charge is 2.15. The Balaban J connectivity index is 2.00. The Hall–Kier alpha value is -2.45. The molecule has 0 aromatic heterocycles. The molecule has 0 spiro atoms. The van der Waals surface area contributed by atoms with Gasteiger partial charge in [0.25, 0.3) is 5.91 Å². The summed E-state index contributed by atoms with van der Waals surface area (Å²) in [7, 11) is 0. The third-order valence-corrected chi connectivity index (χ3v) is 4.62. The van der Waals surface area contributed by atoms with Crippen LogP contribution in [-0.2, 0) is 4.79 Å². The van der Waals surface area contributed by atoms with Gasteiger partial charge in [-0.25, -0.2) is 0 Å². The number of thiocarbonyl (C=S) groups is 1. The van der Waals surface area contributed by atoms with Crippen molar-refractivity contribution in [1.29, 1.82) is 0 Å². The molecular formula is C22H26BrN3O3S. The summed E-state index contributed by atoms with van der Waals surface area (Å²) >= 11 is 8.65. The van der Waals surface area contributed by atoms with Crippen LogP contribution in [0.1, 0.15) is 38.1 Å². The van der Waals surface area contributed by atoms with Crippen molar-refractivity contribution in [2.75, 3.05) is 17.2 Å². The summed E-state index contributed by atoms with van der Waals surface area (Å²) in [5.74, 6) is 0.312. The molecule has 2 amide bonds. The van der Waals surface area contributed by atoms with Crippen molar-refractivity contribution in [1.82, 2.24) is 5.32 Å². The van der Waals surface area contributed by atoms with Crippen molar-refractivity contribution >= 4 is 56.4 Å². The lowest BCUT2D eigenvalue weighted by atomic mass is 10.2. The van der Waals surface area contributed by atoms with Gasteiger partial charge >= 0.3 is 0 Å². The van der Waals surface area contributed by atoms with Gasteiger partial charge in [0.1, 0.15) is 5.75 Å². The number of anilines is 2. The van der Waals surface area contributed by atoms with E-state index in [1.165, 1.54) is 0 Å². The van der Waals surface area contributed by atoms with Gasteiger partial charge in [-0.2, -0.15) is 0 Å². The number of carbonyl (C=O) groups excluding carboxylic acids is 2. The molecular weight excluding hydrogens is 466 g/mol. The molecule has 0 unspecified atom stereocenters. The second kappa shape index (κ2) is 11.1. The van der Waals surface area contributed by atoms with E-state index in [-0.39, 0.29) is 22.8 Å². The summed E-state index contributed by atoms with van der Waals surface area (Å²) in [6.45, 7) is 8.24. The van der Waals surface area contributed by atoms with Gasteiger partial charge < -0.3 is 15.4 Å². The summed E-state index contributed by atoms with van der Waals surface area (Å²) < 4.78 is 6.52. The van der Waals surface area contributed by atoms with Gasteiger partial charge in [0.05, 0.1) is 12.2 Å². The maximum Gasteiger partial charge on any atom is 0.261 e. The van der Waals surface area contributed by atoms with Crippen molar-refractivity contribution in [3.05, 3.63) is 52.5 Å². The first kappa shape index (κ1) is 23.8. The lowest BCUT2D eigenvalue weighted by molar-refractivity contribution is -0.118. The second-order valence-electron chi connectivity index (χ2n) is 7.47. The van der Waals surface area contributed by atoms with E-state index in [0.29, 0.717) is 35.2 Å². The zero-order valence-corrected chi connectivity index (χ0v) is 19.8. The molecule has 0 fully saturated rings. The maximum atomic E-state index is 12.7. The standard InChI is InChI=1S/C22H26BrN3O3S/c1-13(2)12-29-19-10-5-15(23)11-18(19)21(28)26-22(30)25-17-8-6-16(7-9-17)24-20(27)14(3)4/h5-11,13-14H,12H2,1-4H3,(H,24,27)(H2,25,26,28,30). The number of benzene rings is 2. The molecule has 0 radical (unpaired) electrons. The quantitative estimate of drug-likeness (QED) is 0.463. The highest BCUT2D eigenvalue weighted by molar-refractivity contribution is 9.10. The minimum atomic E-state index is -0.367. The maximum absolute atomic E-state index is 12.7. The number of carbonyl (C=O) groups is 2. The molecule has 8 heteroatoms. The van der Waals surface area contributed by atoms with Crippen LogP contribution in [0.15, 0.2) is 46.9 Å². The molecule has 0 saturated heterocycles. The lowest BCUT2D eigenvalue weighted by Crippen LogP contribution is -2.34. The average Bonchev–Trinajstić information content (AvgIpc) is 2.68. The number of rotatable bonds is 7. The van der Waals surface area contributed by atoms with E-state index in [9.17, 15) is 9.59 Å². The Morgan fingerprint density at radius 3 is 2.17 bits per heavy atom. The fourth-order valence-electron chi connectivity index (χ4n) is 2.32. The van der Waals surface area contributed by atoms with Crippen molar-refractivity contribution < 1.29 is 14.3 Å². The third-order valence-electron chi connectivity index (χ3n) is 3.92. The van der Waals surface area contributed by atoms with Gasteiger partial charge in [-0.05, 0) is 60.6 Å². The lowest BCUT2D eigenvalue weighted by Gasteiger charge is -2.15. The van der Waals surface area contributed by atoms with E-state index in [1.54, 1.807) is 36.4 Å². The summed E-state index contributed by atoms with van der Waals surface area (Å²) in [6, 6.07) is 12.3. The Morgan fingerprint density at radius 1 is 1.00 bits per heavy atom. The average molecular weight is 492 g/mol. The summed E-state index contributed by atoms with van der Waals surface area (Å²) in [5, 5.41) is 8.62. The summed E-state index contributed by atoms with van der Waals surface area (Å²) in [5.41, 5.74) is 1.77. The molecule has 2 rings (SSSR count). The van der Waals surface area contributed by atoms with Crippen molar-refractivity contribution in [3.8, 4) is 5.75 Å². The van der Waals surface area contributed by atoms with Crippen molar-refractivity contribution in [2.24, 2.45) is 11.8 Å². The Bertz CT molecular complexity index is 914. The van der Waals surface area contributed by atoms with E-state index in [0.717, 1.165) is 4.47 Å². The zero-order chi connectivity index (χ0) is 22.3. The van der Waals surface area contributed by atoms with Gasteiger partial charge in [-0.1, -0.05) is 43.6 Å². The normalized spacial score (nSPS) is 10.6. The molecule has 6 nitrogen and oxygen atoms in total. The molecule has 0 aliphatic carbocycles. The number of hydrogen-bond donors (Lipinski definition) is 3. The first-order valence-corrected chi connectivity index (χ1v) is 10.8. The van der Waals surface area contributed by atoms with Gasteiger partial charge in [0.15, 0.2) is 5.11 Å². The first-order chi connectivity index (χ1) is 14.2. The number of hydrogen-bond acceptors (Lipinski definition) is 4. The third kappa shape index (κ3) is 7.42.